The lowest BCUT2D eigenvalue weighted by molar-refractivity contribution is -0.118. The molecule has 0 unspecified atom stereocenters. The van der Waals surface area contributed by atoms with Gasteiger partial charge in [-0.05, 0) is 6.07 Å². The molecule has 0 spiro atoms. The predicted molar refractivity (Wildman–Crippen MR) is 44.9 cm³/mol. The Kier molecular flexibility index (Phi) is 2.50. The zero-order valence-corrected chi connectivity index (χ0v) is 6.91. The summed E-state index contributed by atoms with van der Waals surface area (Å²) < 4.78 is 1.10. The molecule has 0 bridgehead atoms. The van der Waals surface area contributed by atoms with Gasteiger partial charge in [-0.25, -0.2) is 0 Å². The second-order valence-corrected chi connectivity index (χ2v) is 2.63. The summed E-state index contributed by atoms with van der Waals surface area (Å²) >= 11 is 5.63. The number of nitrogens with two attached hydrogens (primary N) is 1. The van der Waals surface area contributed by atoms with Gasteiger partial charge in [-0.15, -0.1) is 0 Å². The molecule has 0 aliphatic heterocycles. The number of aromatic nitrogens is 1. The van der Waals surface area contributed by atoms with Crippen molar-refractivity contribution in [2.45, 2.75) is 6.54 Å². The Morgan fingerprint density at radius 3 is 2.75 bits per heavy atom. The zero-order valence-electron chi connectivity index (χ0n) is 6.16. The highest BCUT2D eigenvalue weighted by Crippen LogP contribution is 2.02. The minimum absolute atomic E-state index is 0.182. The molecule has 0 saturated carbocycles. The topological polar surface area (TPSA) is 65.1 Å². The van der Waals surface area contributed by atoms with Gasteiger partial charge in [-0.2, -0.15) is 0 Å². The van der Waals surface area contributed by atoms with Crippen molar-refractivity contribution >= 4 is 17.5 Å². The third-order valence-corrected chi connectivity index (χ3v) is 1.64. The summed E-state index contributed by atoms with van der Waals surface area (Å²) in [4.78, 5) is 21.5. The molecule has 12 heavy (non-hydrogen) atoms. The predicted octanol–water partition coefficient (Wildman–Crippen LogP) is -0.0130. The van der Waals surface area contributed by atoms with Gasteiger partial charge in [0.05, 0.1) is 0 Å². The van der Waals surface area contributed by atoms with E-state index in [-0.39, 0.29) is 17.3 Å². The molecule has 1 aromatic heterocycles. The van der Waals surface area contributed by atoms with Crippen LogP contribution in [0.2, 0.25) is 5.15 Å². The number of amides is 1. The largest absolute Gasteiger partial charge is 0.368 e. The molecule has 5 heteroatoms. The molecule has 0 fully saturated rings. The lowest BCUT2D eigenvalue weighted by Gasteiger charge is -2.03. The van der Waals surface area contributed by atoms with Gasteiger partial charge in [-0.3, -0.25) is 14.2 Å². The maximum Gasteiger partial charge on any atom is 0.252 e. The van der Waals surface area contributed by atoms with Gasteiger partial charge < -0.3 is 5.73 Å². The standard InChI is InChI=1S/C7H7ClN2O2/c8-5-2-1-3-7(12)10(5)4-6(9)11/h1-3H,4H2,(H2,9,11). The Labute approximate surface area is 73.6 Å². The number of carbonyl (C=O) groups is 1. The van der Waals surface area contributed by atoms with Gasteiger partial charge >= 0.3 is 0 Å². The fraction of sp³-hybridized carbons (Fsp3) is 0.143. The summed E-state index contributed by atoms with van der Waals surface area (Å²) in [5.74, 6) is -0.592. The van der Waals surface area contributed by atoms with E-state index in [2.05, 4.69) is 0 Å². The molecule has 0 atom stereocenters. The third-order valence-electron chi connectivity index (χ3n) is 1.31. The lowest BCUT2D eigenvalue weighted by Crippen LogP contribution is -2.27. The van der Waals surface area contributed by atoms with Crippen LogP contribution < -0.4 is 11.3 Å². The first-order valence-electron chi connectivity index (χ1n) is 3.25. The van der Waals surface area contributed by atoms with Crippen molar-refractivity contribution in [1.82, 2.24) is 4.57 Å². The molecule has 1 aromatic rings. The van der Waals surface area contributed by atoms with Crippen LogP contribution in [0.3, 0.4) is 0 Å². The minimum Gasteiger partial charge on any atom is -0.368 e. The van der Waals surface area contributed by atoms with Crippen LogP contribution in [0.5, 0.6) is 0 Å². The number of rotatable bonds is 2. The van der Waals surface area contributed by atoms with E-state index in [0.717, 1.165) is 4.57 Å². The van der Waals surface area contributed by atoms with Crippen molar-refractivity contribution in [3.05, 3.63) is 33.7 Å². The van der Waals surface area contributed by atoms with Crippen molar-refractivity contribution in [2.75, 3.05) is 0 Å². The van der Waals surface area contributed by atoms with E-state index in [1.165, 1.54) is 18.2 Å². The van der Waals surface area contributed by atoms with E-state index in [0.29, 0.717) is 0 Å². The van der Waals surface area contributed by atoms with Crippen LogP contribution in [-0.2, 0) is 11.3 Å². The fourth-order valence-corrected chi connectivity index (χ4v) is 1.02. The van der Waals surface area contributed by atoms with E-state index < -0.39 is 5.91 Å². The van der Waals surface area contributed by atoms with Gasteiger partial charge in [0.2, 0.25) is 5.91 Å². The maximum absolute atomic E-state index is 11.0. The molecule has 0 saturated heterocycles. The highest BCUT2D eigenvalue weighted by atomic mass is 35.5. The Hall–Kier alpha value is -1.29. The summed E-state index contributed by atoms with van der Waals surface area (Å²) in [5, 5.41) is 0.210. The van der Waals surface area contributed by atoms with E-state index in [9.17, 15) is 9.59 Å². The second kappa shape index (κ2) is 3.40. The summed E-state index contributed by atoms with van der Waals surface area (Å²) in [6.45, 7) is -0.182. The van der Waals surface area contributed by atoms with Gasteiger partial charge in [0.25, 0.3) is 5.56 Å². The van der Waals surface area contributed by atoms with Crippen LogP contribution in [0.1, 0.15) is 0 Å². The number of primary amides is 1. The van der Waals surface area contributed by atoms with Gasteiger partial charge in [0, 0.05) is 6.07 Å². The molecule has 0 aromatic carbocycles. The van der Waals surface area contributed by atoms with Crippen molar-refractivity contribution in [1.29, 1.82) is 0 Å². The normalized spacial score (nSPS) is 9.75. The van der Waals surface area contributed by atoms with Crippen LogP contribution in [0.15, 0.2) is 23.0 Å². The molecule has 0 aliphatic carbocycles. The molecule has 0 aliphatic rings. The van der Waals surface area contributed by atoms with E-state index in [1.807, 2.05) is 0 Å². The summed E-state index contributed by atoms with van der Waals surface area (Å²) in [6, 6.07) is 4.35. The second-order valence-electron chi connectivity index (χ2n) is 2.24. The Bertz CT molecular complexity index is 359. The Morgan fingerprint density at radius 1 is 1.58 bits per heavy atom. The summed E-state index contributed by atoms with van der Waals surface area (Å²) in [7, 11) is 0. The van der Waals surface area contributed by atoms with E-state index in [4.69, 9.17) is 17.3 Å². The monoisotopic (exact) mass is 186 g/mol. The number of halogens is 1. The van der Waals surface area contributed by atoms with Crippen molar-refractivity contribution < 1.29 is 4.79 Å². The maximum atomic E-state index is 11.0. The Balaban J connectivity index is 3.13. The Morgan fingerprint density at radius 2 is 2.25 bits per heavy atom. The van der Waals surface area contributed by atoms with E-state index >= 15 is 0 Å². The fourth-order valence-electron chi connectivity index (χ4n) is 0.804. The average Bonchev–Trinajstić information content (AvgIpc) is 1.97. The molecule has 64 valence electrons. The highest BCUT2D eigenvalue weighted by Gasteiger charge is 2.02. The van der Waals surface area contributed by atoms with Crippen LogP contribution in [0.4, 0.5) is 0 Å². The molecule has 1 rings (SSSR count). The van der Waals surface area contributed by atoms with Gasteiger partial charge in [0.1, 0.15) is 11.7 Å². The summed E-state index contributed by atoms with van der Waals surface area (Å²) in [5.41, 5.74) is 4.57. The average molecular weight is 187 g/mol. The highest BCUT2D eigenvalue weighted by molar-refractivity contribution is 6.29. The first-order valence-corrected chi connectivity index (χ1v) is 3.62. The minimum atomic E-state index is -0.592. The van der Waals surface area contributed by atoms with Crippen LogP contribution in [0, 0.1) is 0 Å². The smallest absolute Gasteiger partial charge is 0.252 e. The quantitative estimate of drug-likeness (QED) is 0.660. The first-order chi connectivity index (χ1) is 5.61. The SMILES string of the molecule is NC(=O)Cn1c(Cl)cccc1=O. The molecule has 2 N–H and O–H groups in total. The number of hydrogen-bond donors (Lipinski definition) is 1. The van der Waals surface area contributed by atoms with Crippen LogP contribution in [0.25, 0.3) is 0 Å². The first kappa shape index (κ1) is 8.80. The van der Waals surface area contributed by atoms with Crippen LogP contribution in [-0.4, -0.2) is 10.5 Å². The molecule has 0 radical (unpaired) electrons. The van der Waals surface area contributed by atoms with Crippen molar-refractivity contribution in [2.24, 2.45) is 5.73 Å². The molecular weight excluding hydrogens is 180 g/mol. The molecule has 4 nitrogen and oxygen atoms in total. The van der Waals surface area contributed by atoms with Gasteiger partial charge in [0.15, 0.2) is 0 Å². The third kappa shape index (κ3) is 1.85. The number of carbonyl (C=O) groups excluding carboxylic acids is 1. The van der Waals surface area contributed by atoms with E-state index in [1.54, 1.807) is 0 Å². The van der Waals surface area contributed by atoms with Gasteiger partial charge in [-0.1, -0.05) is 17.7 Å². The summed E-state index contributed by atoms with van der Waals surface area (Å²) in [6.07, 6.45) is 0. The number of hydrogen-bond acceptors (Lipinski definition) is 2. The zero-order chi connectivity index (χ0) is 9.14. The van der Waals surface area contributed by atoms with Crippen molar-refractivity contribution in [3.8, 4) is 0 Å². The molecule has 1 heterocycles. The molecular formula is C7H7ClN2O2. The number of pyridine rings is 1. The molecule has 1 amide bonds. The lowest BCUT2D eigenvalue weighted by atomic mass is 10.4. The number of nitrogens with zero attached hydrogens (tertiary/aromatic N) is 1. The van der Waals surface area contributed by atoms with Crippen molar-refractivity contribution in [3.63, 3.8) is 0 Å². The van der Waals surface area contributed by atoms with Crippen LogP contribution >= 0.6 is 11.6 Å².